The third-order valence-corrected chi connectivity index (χ3v) is 3.25. The molecule has 0 aliphatic rings. The van der Waals surface area contributed by atoms with E-state index in [0.29, 0.717) is 18.2 Å². The molecule has 1 N–H and O–H groups in total. The maximum Gasteiger partial charge on any atom is 0.433 e. The summed E-state index contributed by atoms with van der Waals surface area (Å²) in [6.45, 7) is 3.54. The van der Waals surface area contributed by atoms with Gasteiger partial charge < -0.3 is 9.73 Å². The predicted molar refractivity (Wildman–Crippen MR) is 76.5 cm³/mol. The first-order chi connectivity index (χ1) is 9.66. The first kappa shape index (κ1) is 14.3. The van der Waals surface area contributed by atoms with Gasteiger partial charge in [-0.1, -0.05) is 37.3 Å². The number of nitro groups is 1. The van der Waals surface area contributed by atoms with Crippen molar-refractivity contribution in [3.8, 4) is 0 Å². The summed E-state index contributed by atoms with van der Waals surface area (Å²) in [7, 11) is 0. The maximum absolute atomic E-state index is 10.5. The fraction of sp³-hybridized carbons (Fsp3) is 0.333. The Morgan fingerprint density at radius 1 is 1.25 bits per heavy atom. The number of furan rings is 1. The lowest BCUT2D eigenvalue weighted by Crippen LogP contribution is -2.16. The Morgan fingerprint density at radius 2 is 2.00 bits per heavy atom. The van der Waals surface area contributed by atoms with Crippen molar-refractivity contribution in [2.24, 2.45) is 0 Å². The molecule has 0 saturated heterocycles. The number of rotatable bonds is 7. The third kappa shape index (κ3) is 3.93. The lowest BCUT2D eigenvalue weighted by molar-refractivity contribution is -0.402. The summed E-state index contributed by atoms with van der Waals surface area (Å²) >= 11 is 0. The Balaban J connectivity index is 1.72. The van der Waals surface area contributed by atoms with Gasteiger partial charge in [0.05, 0.1) is 12.6 Å². The molecule has 0 saturated carbocycles. The molecule has 1 aromatic heterocycles. The zero-order valence-corrected chi connectivity index (χ0v) is 11.4. The molecule has 106 valence electrons. The highest BCUT2D eigenvalue weighted by Gasteiger charge is 2.11. The summed E-state index contributed by atoms with van der Waals surface area (Å²) in [5, 5.41) is 13.7. The van der Waals surface area contributed by atoms with Crippen LogP contribution in [0.5, 0.6) is 0 Å². The van der Waals surface area contributed by atoms with Crippen LogP contribution in [-0.4, -0.2) is 11.5 Å². The number of benzene rings is 1. The molecule has 0 amide bonds. The van der Waals surface area contributed by atoms with Gasteiger partial charge in [0.25, 0.3) is 0 Å². The molecule has 1 aromatic carbocycles. The Morgan fingerprint density at radius 3 is 2.65 bits per heavy atom. The first-order valence-electron chi connectivity index (χ1n) is 6.65. The van der Waals surface area contributed by atoms with Crippen molar-refractivity contribution in [3.63, 3.8) is 0 Å². The molecule has 2 rings (SSSR count). The minimum absolute atomic E-state index is 0.209. The van der Waals surface area contributed by atoms with Crippen LogP contribution in [0, 0.1) is 10.1 Å². The normalized spacial score (nSPS) is 12.2. The summed E-state index contributed by atoms with van der Waals surface area (Å²) in [5.41, 5.74) is 1.32. The van der Waals surface area contributed by atoms with E-state index in [4.69, 9.17) is 4.42 Å². The highest BCUT2D eigenvalue weighted by atomic mass is 16.6. The van der Waals surface area contributed by atoms with Gasteiger partial charge in [0.15, 0.2) is 0 Å². The molecule has 2 aromatic rings. The van der Waals surface area contributed by atoms with E-state index < -0.39 is 4.92 Å². The molecule has 1 unspecified atom stereocenters. The monoisotopic (exact) mass is 274 g/mol. The molecule has 1 heterocycles. The summed E-state index contributed by atoms with van der Waals surface area (Å²) in [4.78, 5) is 9.96. The molecule has 0 bridgehead atoms. The molecular formula is C15H18N2O3. The Labute approximate surface area is 117 Å². The fourth-order valence-corrected chi connectivity index (χ4v) is 2.04. The Bertz CT molecular complexity index is 551. The highest BCUT2D eigenvalue weighted by Crippen LogP contribution is 2.18. The minimum Gasteiger partial charge on any atom is -0.404 e. The summed E-state index contributed by atoms with van der Waals surface area (Å²) in [6.07, 6.45) is 1.01. The first-order valence-corrected chi connectivity index (χ1v) is 6.65. The number of hydrogen-bond acceptors (Lipinski definition) is 4. The summed E-state index contributed by atoms with van der Waals surface area (Å²) < 4.78 is 5.08. The van der Waals surface area contributed by atoms with Crippen molar-refractivity contribution in [1.82, 2.24) is 5.32 Å². The van der Waals surface area contributed by atoms with Crippen LogP contribution in [0.3, 0.4) is 0 Å². The van der Waals surface area contributed by atoms with E-state index in [9.17, 15) is 10.1 Å². The van der Waals surface area contributed by atoms with Gasteiger partial charge in [0.2, 0.25) is 0 Å². The second kappa shape index (κ2) is 6.86. The average molecular weight is 274 g/mol. The molecule has 1 atom stereocenters. The van der Waals surface area contributed by atoms with Crippen molar-refractivity contribution in [3.05, 3.63) is 63.9 Å². The van der Waals surface area contributed by atoms with Crippen molar-refractivity contribution >= 4 is 5.88 Å². The molecular weight excluding hydrogens is 256 g/mol. The molecule has 20 heavy (non-hydrogen) atoms. The number of hydrogen-bond donors (Lipinski definition) is 1. The quantitative estimate of drug-likeness (QED) is 0.477. The van der Waals surface area contributed by atoms with Crippen LogP contribution in [0.15, 0.2) is 46.9 Å². The summed E-state index contributed by atoms with van der Waals surface area (Å²) in [6, 6.07) is 13.4. The van der Waals surface area contributed by atoms with Crippen LogP contribution in [0.1, 0.15) is 30.6 Å². The van der Waals surface area contributed by atoms with E-state index in [0.717, 1.165) is 13.0 Å². The van der Waals surface area contributed by atoms with Crippen LogP contribution in [0.25, 0.3) is 0 Å². The minimum atomic E-state index is -0.527. The van der Waals surface area contributed by atoms with Crippen molar-refractivity contribution in [2.45, 2.75) is 25.8 Å². The van der Waals surface area contributed by atoms with E-state index >= 15 is 0 Å². The van der Waals surface area contributed by atoms with E-state index in [1.807, 2.05) is 18.2 Å². The lowest BCUT2D eigenvalue weighted by atomic mass is 9.98. The zero-order chi connectivity index (χ0) is 14.4. The van der Waals surface area contributed by atoms with Gasteiger partial charge in [0, 0.05) is 0 Å². The van der Waals surface area contributed by atoms with Crippen molar-refractivity contribution in [2.75, 3.05) is 6.54 Å². The average Bonchev–Trinajstić information content (AvgIpc) is 2.93. The van der Waals surface area contributed by atoms with Gasteiger partial charge in [-0.3, -0.25) is 10.1 Å². The summed E-state index contributed by atoms with van der Waals surface area (Å²) in [5.74, 6) is 0.859. The topological polar surface area (TPSA) is 68.3 Å². The maximum atomic E-state index is 10.5. The molecule has 0 aliphatic carbocycles. The Hall–Kier alpha value is -2.14. The lowest BCUT2D eigenvalue weighted by Gasteiger charge is -2.11. The second-order valence-electron chi connectivity index (χ2n) is 4.77. The van der Waals surface area contributed by atoms with Gasteiger partial charge in [-0.15, -0.1) is 0 Å². The van der Waals surface area contributed by atoms with Crippen LogP contribution in [0.2, 0.25) is 0 Å². The molecule has 5 nitrogen and oxygen atoms in total. The molecule has 5 heteroatoms. The highest BCUT2D eigenvalue weighted by molar-refractivity contribution is 5.19. The number of nitrogens with one attached hydrogen (secondary N) is 1. The molecule has 0 aliphatic heterocycles. The van der Waals surface area contributed by atoms with Crippen LogP contribution in [0.4, 0.5) is 5.88 Å². The van der Waals surface area contributed by atoms with Crippen LogP contribution < -0.4 is 5.32 Å². The van der Waals surface area contributed by atoms with E-state index in [-0.39, 0.29) is 5.88 Å². The van der Waals surface area contributed by atoms with Gasteiger partial charge in [-0.05, 0) is 30.5 Å². The van der Waals surface area contributed by atoms with Gasteiger partial charge in [-0.25, -0.2) is 0 Å². The SMILES string of the molecule is CC(CCNCc1ccc([N+](=O)[O-])o1)c1ccccc1. The number of nitrogens with zero attached hydrogens (tertiary/aromatic N) is 1. The van der Waals surface area contributed by atoms with Gasteiger partial charge in [0.1, 0.15) is 10.7 Å². The molecule has 0 spiro atoms. The standard InChI is InChI=1S/C15H18N2O3/c1-12(13-5-3-2-4-6-13)9-10-16-11-14-7-8-15(20-14)17(18)19/h2-8,12,16H,9-11H2,1H3. The molecule has 0 fully saturated rings. The fourth-order valence-electron chi connectivity index (χ4n) is 2.04. The second-order valence-corrected chi connectivity index (χ2v) is 4.77. The van der Waals surface area contributed by atoms with Gasteiger partial charge in [-0.2, -0.15) is 0 Å². The largest absolute Gasteiger partial charge is 0.433 e. The van der Waals surface area contributed by atoms with Crippen molar-refractivity contribution in [1.29, 1.82) is 0 Å². The Kier molecular flexibility index (Phi) is 4.90. The van der Waals surface area contributed by atoms with E-state index in [1.54, 1.807) is 6.07 Å². The van der Waals surface area contributed by atoms with Crippen molar-refractivity contribution < 1.29 is 9.34 Å². The smallest absolute Gasteiger partial charge is 0.404 e. The third-order valence-electron chi connectivity index (χ3n) is 3.25. The zero-order valence-electron chi connectivity index (χ0n) is 11.4. The van der Waals surface area contributed by atoms with Crippen LogP contribution >= 0.6 is 0 Å². The van der Waals surface area contributed by atoms with E-state index in [2.05, 4.69) is 24.4 Å². The predicted octanol–water partition coefficient (Wildman–Crippen LogP) is 3.47. The van der Waals surface area contributed by atoms with Crippen LogP contribution in [-0.2, 0) is 6.54 Å². The van der Waals surface area contributed by atoms with E-state index in [1.165, 1.54) is 11.6 Å². The van der Waals surface area contributed by atoms with Gasteiger partial charge >= 0.3 is 5.88 Å². The molecule has 0 radical (unpaired) electrons.